The molecule has 1 saturated heterocycles. The number of anilines is 1. The van der Waals surface area contributed by atoms with Crippen molar-refractivity contribution in [2.75, 3.05) is 37.3 Å². The average molecular weight is 323 g/mol. The number of nitrogens with zero attached hydrogens (tertiary/aromatic N) is 3. The summed E-state index contributed by atoms with van der Waals surface area (Å²) < 4.78 is 38.2. The summed E-state index contributed by atoms with van der Waals surface area (Å²) in [4.78, 5) is 6.35. The first-order chi connectivity index (χ1) is 10.4. The van der Waals surface area contributed by atoms with Gasteiger partial charge in [0.2, 0.25) is 10.0 Å². The Labute approximate surface area is 129 Å². The molecular weight excluding hydrogens is 305 g/mol. The van der Waals surface area contributed by atoms with E-state index >= 15 is 0 Å². The molecule has 0 radical (unpaired) electrons. The number of hydrogen-bond acceptors (Lipinski definition) is 4. The standard InChI is InChI=1S/C15H18FN3O2S/c1-22(20,21)19-8-2-7-18(9-10-19)15-5-6-17-14-11-12(16)3-4-13(14)15/h3-6,11H,2,7-10H2,1H3. The van der Waals surface area contributed by atoms with Gasteiger partial charge in [0.25, 0.3) is 0 Å². The molecule has 118 valence electrons. The van der Waals surface area contributed by atoms with Gasteiger partial charge >= 0.3 is 0 Å². The summed E-state index contributed by atoms with van der Waals surface area (Å²) in [5.41, 5.74) is 1.59. The molecule has 1 aliphatic heterocycles. The number of aromatic nitrogens is 1. The van der Waals surface area contributed by atoms with Crippen LogP contribution in [0, 0.1) is 5.82 Å². The van der Waals surface area contributed by atoms with Crippen LogP contribution in [0.4, 0.5) is 10.1 Å². The molecule has 0 unspecified atom stereocenters. The zero-order valence-electron chi connectivity index (χ0n) is 12.4. The summed E-state index contributed by atoms with van der Waals surface area (Å²) in [6.45, 7) is 2.38. The molecule has 2 aromatic rings. The van der Waals surface area contributed by atoms with E-state index in [4.69, 9.17) is 0 Å². The Morgan fingerprint density at radius 3 is 2.73 bits per heavy atom. The number of fused-ring (bicyclic) bond motifs is 1. The van der Waals surface area contributed by atoms with E-state index in [-0.39, 0.29) is 5.82 Å². The Morgan fingerprint density at radius 1 is 1.14 bits per heavy atom. The highest BCUT2D eigenvalue weighted by atomic mass is 32.2. The topological polar surface area (TPSA) is 53.5 Å². The molecule has 0 aliphatic carbocycles. The highest BCUT2D eigenvalue weighted by Gasteiger charge is 2.22. The van der Waals surface area contributed by atoms with Crippen LogP contribution in [0.5, 0.6) is 0 Å². The molecule has 0 atom stereocenters. The SMILES string of the molecule is CS(=O)(=O)N1CCCN(c2ccnc3cc(F)ccc23)CC1. The Morgan fingerprint density at radius 2 is 1.95 bits per heavy atom. The monoisotopic (exact) mass is 323 g/mol. The van der Waals surface area contributed by atoms with Gasteiger partial charge in [-0.25, -0.2) is 17.1 Å². The van der Waals surface area contributed by atoms with Gasteiger partial charge in [-0.1, -0.05) is 0 Å². The summed E-state index contributed by atoms with van der Waals surface area (Å²) in [7, 11) is -3.16. The fourth-order valence-electron chi connectivity index (χ4n) is 2.85. The van der Waals surface area contributed by atoms with Gasteiger partial charge in [-0.2, -0.15) is 0 Å². The lowest BCUT2D eigenvalue weighted by atomic mass is 10.1. The molecule has 0 saturated carbocycles. The zero-order chi connectivity index (χ0) is 15.7. The van der Waals surface area contributed by atoms with E-state index in [1.54, 1.807) is 12.3 Å². The molecule has 22 heavy (non-hydrogen) atoms. The van der Waals surface area contributed by atoms with E-state index in [1.165, 1.54) is 22.7 Å². The van der Waals surface area contributed by atoms with Crippen molar-refractivity contribution in [3.63, 3.8) is 0 Å². The van der Waals surface area contributed by atoms with Gasteiger partial charge in [-0.3, -0.25) is 4.98 Å². The molecule has 5 nitrogen and oxygen atoms in total. The first-order valence-corrected chi connectivity index (χ1v) is 9.04. The first-order valence-electron chi connectivity index (χ1n) is 7.19. The summed E-state index contributed by atoms with van der Waals surface area (Å²) in [6, 6.07) is 6.47. The maximum absolute atomic E-state index is 13.3. The Hall–Kier alpha value is -1.73. The quantitative estimate of drug-likeness (QED) is 0.846. The van der Waals surface area contributed by atoms with E-state index in [0.717, 1.165) is 24.0 Å². The second-order valence-corrected chi connectivity index (χ2v) is 7.48. The number of hydrogen-bond donors (Lipinski definition) is 0. The van der Waals surface area contributed by atoms with Crippen molar-refractivity contribution in [2.24, 2.45) is 0 Å². The second kappa shape index (κ2) is 5.81. The summed E-state index contributed by atoms with van der Waals surface area (Å²) in [5, 5.41) is 0.886. The minimum atomic E-state index is -3.16. The van der Waals surface area contributed by atoms with Gasteiger partial charge in [0.05, 0.1) is 11.8 Å². The Bertz CT molecular complexity index is 794. The number of rotatable bonds is 2. The zero-order valence-corrected chi connectivity index (χ0v) is 13.2. The lowest BCUT2D eigenvalue weighted by Crippen LogP contribution is -2.34. The van der Waals surface area contributed by atoms with E-state index in [0.29, 0.717) is 25.2 Å². The third-order valence-corrected chi connectivity index (χ3v) is 5.25. The van der Waals surface area contributed by atoms with Crippen molar-refractivity contribution in [1.29, 1.82) is 0 Å². The van der Waals surface area contributed by atoms with Crippen LogP contribution in [-0.2, 0) is 10.0 Å². The molecule has 0 amide bonds. The number of pyridine rings is 1. The van der Waals surface area contributed by atoms with Crippen LogP contribution in [0.1, 0.15) is 6.42 Å². The fraction of sp³-hybridized carbons (Fsp3) is 0.400. The number of halogens is 1. The maximum atomic E-state index is 13.3. The molecule has 1 aliphatic rings. The van der Waals surface area contributed by atoms with Crippen molar-refractivity contribution >= 4 is 26.6 Å². The van der Waals surface area contributed by atoms with Gasteiger partial charge in [-0.15, -0.1) is 0 Å². The van der Waals surface area contributed by atoms with Crippen molar-refractivity contribution in [3.05, 3.63) is 36.3 Å². The smallest absolute Gasteiger partial charge is 0.211 e. The van der Waals surface area contributed by atoms with Crippen molar-refractivity contribution in [1.82, 2.24) is 9.29 Å². The third kappa shape index (κ3) is 3.05. The van der Waals surface area contributed by atoms with E-state index in [2.05, 4.69) is 9.88 Å². The minimum Gasteiger partial charge on any atom is -0.370 e. The molecule has 0 spiro atoms. The van der Waals surface area contributed by atoms with Gasteiger partial charge in [0.1, 0.15) is 5.82 Å². The van der Waals surface area contributed by atoms with E-state index in [9.17, 15) is 12.8 Å². The highest BCUT2D eigenvalue weighted by molar-refractivity contribution is 7.88. The van der Waals surface area contributed by atoms with Crippen LogP contribution >= 0.6 is 0 Å². The largest absolute Gasteiger partial charge is 0.370 e. The maximum Gasteiger partial charge on any atom is 0.211 e. The van der Waals surface area contributed by atoms with Gasteiger partial charge in [0, 0.05) is 49.5 Å². The van der Waals surface area contributed by atoms with Gasteiger partial charge in [-0.05, 0) is 24.6 Å². The van der Waals surface area contributed by atoms with Crippen LogP contribution in [0.2, 0.25) is 0 Å². The van der Waals surface area contributed by atoms with Crippen molar-refractivity contribution < 1.29 is 12.8 Å². The highest BCUT2D eigenvalue weighted by Crippen LogP contribution is 2.27. The first kappa shape index (κ1) is 15.2. The van der Waals surface area contributed by atoms with Crippen molar-refractivity contribution in [2.45, 2.75) is 6.42 Å². The normalized spacial score (nSPS) is 17.6. The summed E-state index contributed by atoms with van der Waals surface area (Å²) in [6.07, 6.45) is 3.67. The van der Waals surface area contributed by atoms with Crippen molar-refractivity contribution in [3.8, 4) is 0 Å². The van der Waals surface area contributed by atoms with E-state index < -0.39 is 10.0 Å². The predicted molar refractivity (Wildman–Crippen MR) is 84.9 cm³/mol. The average Bonchev–Trinajstić information content (AvgIpc) is 2.71. The molecule has 1 aromatic heterocycles. The molecule has 0 bridgehead atoms. The predicted octanol–water partition coefficient (Wildman–Crippen LogP) is 1.85. The van der Waals surface area contributed by atoms with Crippen LogP contribution in [0.25, 0.3) is 10.9 Å². The lowest BCUT2D eigenvalue weighted by Gasteiger charge is -2.24. The summed E-state index contributed by atoms with van der Waals surface area (Å²) >= 11 is 0. The van der Waals surface area contributed by atoms with Gasteiger partial charge in [0.15, 0.2) is 0 Å². The molecule has 2 heterocycles. The Balaban J connectivity index is 1.92. The minimum absolute atomic E-state index is 0.309. The molecular formula is C15H18FN3O2S. The fourth-order valence-corrected chi connectivity index (χ4v) is 3.72. The Kier molecular flexibility index (Phi) is 4.01. The second-order valence-electron chi connectivity index (χ2n) is 5.49. The van der Waals surface area contributed by atoms with Crippen LogP contribution in [0.15, 0.2) is 30.5 Å². The molecule has 3 rings (SSSR count). The molecule has 0 N–H and O–H groups in total. The summed E-state index contributed by atoms with van der Waals surface area (Å²) in [5.74, 6) is -0.309. The number of sulfonamides is 1. The molecule has 7 heteroatoms. The molecule has 1 aromatic carbocycles. The van der Waals surface area contributed by atoms with Crippen LogP contribution in [-0.4, -0.2) is 50.1 Å². The molecule has 1 fully saturated rings. The van der Waals surface area contributed by atoms with Gasteiger partial charge < -0.3 is 4.90 Å². The third-order valence-electron chi connectivity index (χ3n) is 3.95. The van der Waals surface area contributed by atoms with E-state index in [1.807, 2.05) is 6.07 Å². The lowest BCUT2D eigenvalue weighted by molar-refractivity contribution is 0.437. The van der Waals surface area contributed by atoms with Crippen LogP contribution in [0.3, 0.4) is 0 Å². The van der Waals surface area contributed by atoms with Crippen LogP contribution < -0.4 is 4.90 Å². The number of benzene rings is 1.